The first-order chi connectivity index (χ1) is 14.0. The molecular weight excluding hydrogens is 390 g/mol. The molecule has 0 saturated carbocycles. The summed E-state index contributed by atoms with van der Waals surface area (Å²) in [4.78, 5) is 15.6. The lowest BCUT2D eigenvalue weighted by Gasteiger charge is -2.33. The van der Waals surface area contributed by atoms with Crippen LogP contribution in [-0.2, 0) is 9.84 Å². The lowest BCUT2D eigenvalue weighted by molar-refractivity contribution is 0.159. The van der Waals surface area contributed by atoms with Gasteiger partial charge in [0.05, 0.1) is 22.9 Å². The summed E-state index contributed by atoms with van der Waals surface area (Å²) in [5.41, 5.74) is 1.45. The molecule has 1 aromatic carbocycles. The average Bonchev–Trinajstić information content (AvgIpc) is 3.44. The van der Waals surface area contributed by atoms with E-state index in [1.54, 1.807) is 49.7 Å². The van der Waals surface area contributed by atoms with E-state index < -0.39 is 22.1 Å². The van der Waals surface area contributed by atoms with Crippen molar-refractivity contribution in [3.63, 3.8) is 0 Å². The number of hydrogen-bond acceptors (Lipinski definition) is 8. The Hall–Kier alpha value is -2.62. The van der Waals surface area contributed by atoms with Gasteiger partial charge in [0.2, 0.25) is 9.84 Å². The van der Waals surface area contributed by atoms with Crippen molar-refractivity contribution in [1.29, 1.82) is 0 Å². The Balaban J connectivity index is 1.71. The summed E-state index contributed by atoms with van der Waals surface area (Å²) >= 11 is 0. The highest BCUT2D eigenvalue weighted by molar-refractivity contribution is 8.00. The van der Waals surface area contributed by atoms with Gasteiger partial charge < -0.3 is 15.3 Å². The molecule has 8 nitrogen and oxygen atoms in total. The second-order valence-electron chi connectivity index (χ2n) is 7.47. The van der Waals surface area contributed by atoms with E-state index in [9.17, 15) is 13.5 Å². The molecular formula is C20H21N5O3S. The maximum Gasteiger partial charge on any atom is 0.226 e. The minimum Gasteiger partial charge on any atom is -0.389 e. The van der Waals surface area contributed by atoms with Gasteiger partial charge in [0.25, 0.3) is 0 Å². The van der Waals surface area contributed by atoms with Crippen LogP contribution < -0.4 is 20.9 Å². The Morgan fingerprint density at radius 3 is 2.76 bits per heavy atom. The van der Waals surface area contributed by atoms with Gasteiger partial charge in [-0.25, -0.2) is 13.4 Å². The SMILES string of the molecule is C[C@@H](O)C1N=c2cnc3c(c2N1[C@H]1CCNC1)C=NC=3S(=O)(=O)c1ccccc1. The molecule has 5 rings (SSSR count). The lowest BCUT2D eigenvalue weighted by atomic mass is 10.1. The second-order valence-corrected chi connectivity index (χ2v) is 9.34. The van der Waals surface area contributed by atoms with Crippen molar-refractivity contribution in [2.24, 2.45) is 9.98 Å². The van der Waals surface area contributed by atoms with Crippen LogP contribution in [0.3, 0.4) is 0 Å². The van der Waals surface area contributed by atoms with Gasteiger partial charge in [-0.05, 0) is 32.0 Å². The second kappa shape index (κ2) is 6.72. The zero-order valence-electron chi connectivity index (χ0n) is 15.9. The van der Waals surface area contributed by atoms with E-state index in [4.69, 9.17) is 0 Å². The lowest BCUT2D eigenvalue weighted by Crippen LogP contribution is -2.47. The first kappa shape index (κ1) is 18.4. The number of nitrogens with zero attached hydrogens (tertiary/aromatic N) is 4. The quantitative estimate of drug-likeness (QED) is 0.707. The number of aromatic nitrogens is 1. The highest BCUT2D eigenvalue weighted by atomic mass is 32.2. The van der Waals surface area contributed by atoms with Crippen molar-refractivity contribution < 1.29 is 13.5 Å². The molecule has 3 aliphatic rings. The fourth-order valence-electron chi connectivity index (χ4n) is 4.21. The van der Waals surface area contributed by atoms with Crippen molar-refractivity contribution >= 4 is 26.8 Å². The van der Waals surface area contributed by atoms with E-state index in [2.05, 4.69) is 25.2 Å². The third kappa shape index (κ3) is 2.80. The van der Waals surface area contributed by atoms with Gasteiger partial charge in [-0.15, -0.1) is 0 Å². The van der Waals surface area contributed by atoms with Crippen molar-refractivity contribution in [2.75, 3.05) is 18.0 Å². The number of hydrogen-bond donors (Lipinski definition) is 2. The van der Waals surface area contributed by atoms with Crippen molar-refractivity contribution in [2.45, 2.75) is 36.6 Å². The fraction of sp³-hybridized carbons (Fsp3) is 0.350. The Morgan fingerprint density at radius 1 is 1.28 bits per heavy atom. The van der Waals surface area contributed by atoms with Crippen LogP contribution in [0.5, 0.6) is 0 Å². The number of benzene rings is 1. The topological polar surface area (TPSA) is 107 Å². The van der Waals surface area contributed by atoms with Gasteiger partial charge in [0.15, 0.2) is 5.03 Å². The standard InChI is InChI=1S/C20H21N5O3S/c1-12(26)19-24-16-11-22-17-15(18(16)25(19)13-7-8-21-9-13)10-23-20(17)29(27,28)14-5-3-2-4-6-14/h2-6,10-13,19,21,26H,7-9H2,1H3/t12-,13+,19?/m1/s1. The van der Waals surface area contributed by atoms with E-state index in [0.717, 1.165) is 25.2 Å². The number of sulfone groups is 1. The van der Waals surface area contributed by atoms with Crippen LogP contribution in [0.25, 0.3) is 5.03 Å². The third-order valence-corrected chi connectivity index (χ3v) is 7.26. The van der Waals surface area contributed by atoms with Crippen LogP contribution in [0.4, 0.5) is 5.69 Å². The minimum atomic E-state index is -3.79. The largest absolute Gasteiger partial charge is 0.389 e. The maximum absolute atomic E-state index is 13.1. The number of aliphatic imine (C=N–C) groups is 1. The Morgan fingerprint density at radius 2 is 2.07 bits per heavy atom. The van der Waals surface area contributed by atoms with Crippen molar-refractivity contribution in [3.05, 3.63) is 52.8 Å². The molecule has 0 amide bonds. The molecule has 2 N–H and O–H groups in total. The number of rotatable bonds is 4. The van der Waals surface area contributed by atoms with E-state index >= 15 is 0 Å². The van der Waals surface area contributed by atoms with Crippen LogP contribution in [-0.4, -0.2) is 56.1 Å². The number of pyridine rings is 1. The summed E-state index contributed by atoms with van der Waals surface area (Å²) in [6.07, 6.45) is 2.97. The first-order valence-corrected chi connectivity index (χ1v) is 11.1. The van der Waals surface area contributed by atoms with E-state index in [1.165, 1.54) is 0 Å². The molecule has 29 heavy (non-hydrogen) atoms. The summed E-state index contributed by atoms with van der Waals surface area (Å²) in [5, 5.41) is 14.6. The first-order valence-electron chi connectivity index (χ1n) is 9.61. The van der Waals surface area contributed by atoms with Crippen LogP contribution in [0.15, 0.2) is 51.4 Å². The number of fused-ring (bicyclic) bond motifs is 3. The normalized spacial score (nSPS) is 23.8. The Kier molecular flexibility index (Phi) is 4.27. The van der Waals surface area contributed by atoms with E-state index in [1.807, 2.05) is 0 Å². The zero-order chi connectivity index (χ0) is 20.2. The van der Waals surface area contributed by atoms with Gasteiger partial charge in [-0.2, -0.15) is 0 Å². The van der Waals surface area contributed by atoms with Crippen LogP contribution in [0, 0.1) is 0 Å². The van der Waals surface area contributed by atoms with Crippen LogP contribution >= 0.6 is 0 Å². The third-order valence-electron chi connectivity index (χ3n) is 5.56. The summed E-state index contributed by atoms with van der Waals surface area (Å²) in [6, 6.07) is 8.41. The van der Waals surface area contributed by atoms with Gasteiger partial charge in [0, 0.05) is 24.4 Å². The number of aliphatic hydroxyl groups is 1. The molecule has 1 fully saturated rings. The van der Waals surface area contributed by atoms with E-state index in [0.29, 0.717) is 16.3 Å². The van der Waals surface area contributed by atoms with Crippen LogP contribution in [0.2, 0.25) is 0 Å². The Labute approximate surface area is 168 Å². The summed E-state index contributed by atoms with van der Waals surface area (Å²) < 4.78 is 26.3. The molecule has 2 aromatic rings. The van der Waals surface area contributed by atoms with Crippen LogP contribution in [0.1, 0.15) is 18.9 Å². The summed E-state index contributed by atoms with van der Waals surface area (Å²) in [5.74, 6) is 0. The monoisotopic (exact) mass is 411 g/mol. The predicted molar refractivity (Wildman–Crippen MR) is 109 cm³/mol. The maximum atomic E-state index is 13.1. The van der Waals surface area contributed by atoms with E-state index in [-0.39, 0.29) is 16.0 Å². The smallest absolute Gasteiger partial charge is 0.226 e. The molecule has 3 atom stereocenters. The highest BCUT2D eigenvalue weighted by Gasteiger charge is 2.38. The molecule has 0 bridgehead atoms. The molecule has 150 valence electrons. The molecule has 0 aliphatic carbocycles. The average molecular weight is 411 g/mol. The molecule has 3 aliphatic heterocycles. The molecule has 1 saturated heterocycles. The molecule has 0 spiro atoms. The molecule has 1 aromatic heterocycles. The molecule has 4 heterocycles. The summed E-state index contributed by atoms with van der Waals surface area (Å²) in [7, 11) is -3.79. The molecule has 9 heteroatoms. The fourth-order valence-corrected chi connectivity index (χ4v) is 5.56. The summed E-state index contributed by atoms with van der Waals surface area (Å²) in [6.45, 7) is 3.39. The number of nitrogens with one attached hydrogen (secondary N) is 1. The molecule has 1 unspecified atom stereocenters. The molecule has 0 radical (unpaired) electrons. The van der Waals surface area contributed by atoms with Crippen molar-refractivity contribution in [1.82, 2.24) is 10.3 Å². The van der Waals surface area contributed by atoms with Gasteiger partial charge in [0.1, 0.15) is 16.9 Å². The Bertz CT molecular complexity index is 1220. The zero-order valence-corrected chi connectivity index (χ0v) is 16.7. The van der Waals surface area contributed by atoms with Gasteiger partial charge in [-0.3, -0.25) is 9.98 Å². The van der Waals surface area contributed by atoms with Crippen molar-refractivity contribution in [3.8, 4) is 0 Å². The van der Waals surface area contributed by atoms with Gasteiger partial charge >= 0.3 is 0 Å². The highest BCUT2D eigenvalue weighted by Crippen LogP contribution is 2.30. The van der Waals surface area contributed by atoms with Gasteiger partial charge in [-0.1, -0.05) is 18.2 Å². The number of aliphatic hydroxyl groups excluding tert-OH is 1. The minimum absolute atomic E-state index is 0.0495. The number of anilines is 1. The predicted octanol–water partition coefficient (Wildman–Crippen LogP) is -0.438.